The molecule has 0 spiro atoms. The number of carbonyl (C=O) groups is 1. The Bertz CT molecular complexity index is 512. The fourth-order valence-electron chi connectivity index (χ4n) is 1.39. The molecule has 1 aromatic heterocycles. The van der Waals surface area contributed by atoms with Gasteiger partial charge >= 0.3 is 99.4 Å². The van der Waals surface area contributed by atoms with Crippen molar-refractivity contribution in [1.29, 1.82) is 0 Å². The van der Waals surface area contributed by atoms with E-state index in [0.717, 1.165) is 11.1 Å². The zero-order valence-electron chi connectivity index (χ0n) is 8.46. The van der Waals surface area contributed by atoms with Crippen LogP contribution in [0, 0.1) is 0 Å². The van der Waals surface area contributed by atoms with Crippen molar-refractivity contribution in [3.63, 3.8) is 0 Å². The Morgan fingerprint density at radius 2 is 2.00 bits per heavy atom. The third-order valence-electron chi connectivity index (χ3n) is 2.19. The number of carboxylic acid groups (broad SMARTS) is 1. The summed E-state index contributed by atoms with van der Waals surface area (Å²) < 4.78 is 0. The van der Waals surface area contributed by atoms with Gasteiger partial charge < -0.3 is 0 Å². The van der Waals surface area contributed by atoms with Crippen LogP contribution in [0.1, 0.15) is 21.5 Å². The van der Waals surface area contributed by atoms with Crippen LogP contribution in [-0.2, 0) is 0 Å². The first-order valence-electron chi connectivity index (χ1n) is 4.80. The van der Waals surface area contributed by atoms with Gasteiger partial charge in [0.15, 0.2) is 0 Å². The van der Waals surface area contributed by atoms with Crippen molar-refractivity contribution < 1.29 is 9.90 Å². The third-order valence-corrected chi connectivity index (χ3v) is 3.66. The molecule has 0 saturated heterocycles. The SMILES string of the molecule is O=C(O)c1ccccc1C=Cc1cc[se]c1. The van der Waals surface area contributed by atoms with Crippen molar-refractivity contribution in [3.05, 3.63) is 56.9 Å². The van der Waals surface area contributed by atoms with Gasteiger partial charge in [-0.15, -0.1) is 0 Å². The van der Waals surface area contributed by atoms with E-state index < -0.39 is 5.97 Å². The van der Waals surface area contributed by atoms with Crippen molar-refractivity contribution in [1.82, 2.24) is 0 Å². The van der Waals surface area contributed by atoms with Gasteiger partial charge in [-0.2, -0.15) is 0 Å². The standard InChI is InChI=1S/C13H10O2Se/c14-13(15)12-4-2-1-3-11(12)6-5-10-7-8-16-9-10/h1-9H,(H,14,15). The van der Waals surface area contributed by atoms with E-state index in [9.17, 15) is 4.79 Å². The average Bonchev–Trinajstić information content (AvgIpc) is 2.79. The van der Waals surface area contributed by atoms with Crippen LogP contribution in [-0.4, -0.2) is 25.6 Å². The molecule has 0 atom stereocenters. The van der Waals surface area contributed by atoms with Crippen LogP contribution in [0.4, 0.5) is 0 Å². The van der Waals surface area contributed by atoms with Gasteiger partial charge in [-0.1, -0.05) is 0 Å². The summed E-state index contributed by atoms with van der Waals surface area (Å²) in [7, 11) is 0. The fourth-order valence-corrected chi connectivity index (χ4v) is 2.71. The molecule has 0 amide bonds. The van der Waals surface area contributed by atoms with Crippen LogP contribution in [0.5, 0.6) is 0 Å². The number of hydrogen-bond acceptors (Lipinski definition) is 1. The number of benzene rings is 1. The summed E-state index contributed by atoms with van der Waals surface area (Å²) in [6.07, 6.45) is 3.80. The second-order valence-electron chi connectivity index (χ2n) is 3.28. The van der Waals surface area contributed by atoms with Crippen LogP contribution in [0.15, 0.2) is 40.2 Å². The van der Waals surface area contributed by atoms with E-state index in [0.29, 0.717) is 20.1 Å². The van der Waals surface area contributed by atoms with Crippen LogP contribution in [0.2, 0.25) is 0 Å². The molecule has 0 radical (unpaired) electrons. The Morgan fingerprint density at radius 1 is 1.19 bits per heavy atom. The van der Waals surface area contributed by atoms with Crippen LogP contribution >= 0.6 is 0 Å². The Morgan fingerprint density at radius 3 is 2.69 bits per heavy atom. The summed E-state index contributed by atoms with van der Waals surface area (Å²) in [5, 5.41) is 9.00. The number of aromatic carboxylic acids is 1. The molecule has 0 saturated carbocycles. The molecule has 3 heteroatoms. The summed E-state index contributed by atoms with van der Waals surface area (Å²) in [5.74, 6) is -0.889. The van der Waals surface area contributed by atoms with Crippen molar-refractivity contribution >= 4 is 32.6 Å². The molecule has 0 aliphatic rings. The van der Waals surface area contributed by atoms with Crippen LogP contribution in [0.3, 0.4) is 0 Å². The number of rotatable bonds is 3. The number of hydrogen-bond donors (Lipinski definition) is 1. The molecule has 0 unspecified atom stereocenters. The van der Waals surface area contributed by atoms with E-state index in [1.807, 2.05) is 24.3 Å². The van der Waals surface area contributed by atoms with Gasteiger partial charge in [0, 0.05) is 0 Å². The first-order chi connectivity index (χ1) is 7.77. The average molecular weight is 277 g/mol. The van der Waals surface area contributed by atoms with Gasteiger partial charge in [-0.25, -0.2) is 0 Å². The summed E-state index contributed by atoms with van der Waals surface area (Å²) >= 11 is 0.464. The maximum absolute atomic E-state index is 11.0. The Hall–Kier alpha value is -1.57. The van der Waals surface area contributed by atoms with E-state index in [1.54, 1.807) is 12.1 Å². The Labute approximate surface area is 99.6 Å². The zero-order valence-corrected chi connectivity index (χ0v) is 10.2. The van der Waals surface area contributed by atoms with Crippen molar-refractivity contribution in [2.45, 2.75) is 0 Å². The first-order valence-corrected chi connectivity index (χ1v) is 6.78. The molecule has 2 aromatic rings. The molecular weight excluding hydrogens is 267 g/mol. The van der Waals surface area contributed by atoms with Crippen LogP contribution in [0.25, 0.3) is 12.2 Å². The quantitative estimate of drug-likeness (QED) is 0.876. The molecule has 80 valence electrons. The van der Waals surface area contributed by atoms with E-state index in [-0.39, 0.29) is 0 Å². The van der Waals surface area contributed by atoms with Crippen molar-refractivity contribution in [2.75, 3.05) is 0 Å². The van der Waals surface area contributed by atoms with E-state index in [2.05, 4.69) is 15.9 Å². The second-order valence-corrected chi connectivity index (χ2v) is 4.92. The zero-order chi connectivity index (χ0) is 11.4. The van der Waals surface area contributed by atoms with Crippen molar-refractivity contribution in [2.24, 2.45) is 0 Å². The number of carboxylic acids is 1. The minimum atomic E-state index is -0.889. The van der Waals surface area contributed by atoms with Gasteiger partial charge in [0.25, 0.3) is 0 Å². The van der Waals surface area contributed by atoms with Gasteiger partial charge in [-0.05, 0) is 0 Å². The maximum atomic E-state index is 11.0. The summed E-state index contributed by atoms with van der Waals surface area (Å²) in [4.78, 5) is 15.3. The van der Waals surface area contributed by atoms with Gasteiger partial charge in [0.1, 0.15) is 0 Å². The summed E-state index contributed by atoms with van der Waals surface area (Å²) in [5.41, 5.74) is 2.23. The summed E-state index contributed by atoms with van der Waals surface area (Å²) in [6.45, 7) is 0. The molecule has 1 N–H and O–H groups in total. The predicted molar refractivity (Wildman–Crippen MR) is 65.7 cm³/mol. The topological polar surface area (TPSA) is 37.3 Å². The third kappa shape index (κ3) is 2.51. The molecule has 0 aliphatic heterocycles. The molecule has 0 aliphatic carbocycles. The van der Waals surface area contributed by atoms with E-state index in [4.69, 9.17) is 5.11 Å². The molecule has 2 rings (SSSR count). The van der Waals surface area contributed by atoms with Crippen LogP contribution < -0.4 is 0 Å². The van der Waals surface area contributed by atoms with E-state index in [1.165, 1.54) is 0 Å². The molecule has 1 heterocycles. The normalized spacial score (nSPS) is 10.8. The van der Waals surface area contributed by atoms with Gasteiger partial charge in [-0.3, -0.25) is 0 Å². The van der Waals surface area contributed by atoms with Gasteiger partial charge in [0.05, 0.1) is 0 Å². The molecule has 0 bridgehead atoms. The predicted octanol–water partition coefficient (Wildman–Crippen LogP) is 2.61. The Balaban J connectivity index is 2.31. The monoisotopic (exact) mass is 278 g/mol. The Kier molecular flexibility index (Phi) is 3.40. The summed E-state index contributed by atoms with van der Waals surface area (Å²) in [6, 6.07) is 9.06. The van der Waals surface area contributed by atoms with E-state index >= 15 is 0 Å². The van der Waals surface area contributed by atoms with Crippen molar-refractivity contribution in [3.8, 4) is 0 Å². The van der Waals surface area contributed by atoms with Gasteiger partial charge in [0.2, 0.25) is 0 Å². The second kappa shape index (κ2) is 4.97. The minimum absolute atomic E-state index is 0.340. The molecule has 2 nitrogen and oxygen atoms in total. The fraction of sp³-hybridized carbons (Fsp3) is 0. The molecule has 1 aromatic carbocycles. The molecule has 0 fully saturated rings. The first kappa shape index (κ1) is 10.9. The molecular formula is C13H10O2Se. The molecule has 16 heavy (non-hydrogen) atoms.